The summed E-state index contributed by atoms with van der Waals surface area (Å²) in [5.74, 6) is -0.621. The van der Waals surface area contributed by atoms with Crippen molar-refractivity contribution in [2.45, 2.75) is 26.4 Å². The van der Waals surface area contributed by atoms with Crippen molar-refractivity contribution in [3.05, 3.63) is 0 Å². The maximum atomic E-state index is 11.0. The third-order valence-corrected chi connectivity index (χ3v) is 0.934. The van der Waals surface area contributed by atoms with Gasteiger partial charge in [-0.05, 0) is 20.8 Å². The van der Waals surface area contributed by atoms with Crippen LogP contribution in [0, 0.1) is 5.41 Å². The van der Waals surface area contributed by atoms with E-state index in [1.165, 1.54) is 7.11 Å². The van der Waals surface area contributed by atoms with E-state index in [-0.39, 0.29) is 12.3 Å². The molecule has 0 bridgehead atoms. The molecule has 0 unspecified atom stereocenters. The number of methoxy groups -OCH3 is 1. The summed E-state index contributed by atoms with van der Waals surface area (Å²) in [5.41, 5.74) is -0.704. The molecule has 0 aromatic rings. The standard InChI is InChI=1S/C8H15NO3/c1-8(2,3)12-7(10)6(9)5-11-4/h9H,5H2,1-4H3. The van der Waals surface area contributed by atoms with Crippen LogP contribution < -0.4 is 0 Å². The van der Waals surface area contributed by atoms with Gasteiger partial charge in [-0.3, -0.25) is 5.41 Å². The summed E-state index contributed by atoms with van der Waals surface area (Å²) in [4.78, 5) is 11.0. The van der Waals surface area contributed by atoms with E-state index in [4.69, 9.17) is 10.1 Å². The molecule has 0 fully saturated rings. The van der Waals surface area contributed by atoms with Gasteiger partial charge in [0.1, 0.15) is 11.3 Å². The second-order valence-corrected chi connectivity index (χ2v) is 3.41. The number of nitrogens with one attached hydrogen (secondary N) is 1. The lowest BCUT2D eigenvalue weighted by atomic mass is 10.2. The van der Waals surface area contributed by atoms with Crippen LogP contribution in [-0.4, -0.2) is 31.0 Å². The minimum Gasteiger partial charge on any atom is -0.455 e. The number of hydrogen-bond donors (Lipinski definition) is 1. The fourth-order valence-electron chi connectivity index (χ4n) is 0.543. The molecular formula is C8H15NO3. The maximum absolute atomic E-state index is 11.0. The van der Waals surface area contributed by atoms with Crippen LogP contribution >= 0.6 is 0 Å². The van der Waals surface area contributed by atoms with E-state index >= 15 is 0 Å². The van der Waals surface area contributed by atoms with Crippen LogP contribution in [0.2, 0.25) is 0 Å². The van der Waals surface area contributed by atoms with Gasteiger partial charge in [0.15, 0.2) is 0 Å². The Morgan fingerprint density at radius 2 is 1.92 bits per heavy atom. The Hall–Kier alpha value is -0.900. The predicted octanol–water partition coefficient (Wildman–Crippen LogP) is 0.994. The third kappa shape index (κ3) is 4.85. The first-order valence-corrected chi connectivity index (χ1v) is 3.66. The molecule has 0 radical (unpaired) electrons. The predicted molar refractivity (Wildman–Crippen MR) is 45.4 cm³/mol. The average molecular weight is 173 g/mol. The zero-order valence-electron chi connectivity index (χ0n) is 7.93. The van der Waals surface area contributed by atoms with Crippen molar-refractivity contribution < 1.29 is 14.3 Å². The SMILES string of the molecule is COCC(=N)C(=O)OC(C)(C)C. The molecule has 0 rings (SSSR count). The Morgan fingerprint density at radius 1 is 1.42 bits per heavy atom. The highest BCUT2D eigenvalue weighted by molar-refractivity contribution is 6.35. The summed E-state index contributed by atoms with van der Waals surface area (Å²) >= 11 is 0. The molecule has 0 saturated carbocycles. The van der Waals surface area contributed by atoms with Gasteiger partial charge in [0.25, 0.3) is 0 Å². The van der Waals surface area contributed by atoms with E-state index in [9.17, 15) is 4.79 Å². The van der Waals surface area contributed by atoms with Crippen molar-refractivity contribution in [1.29, 1.82) is 5.41 Å². The Morgan fingerprint density at radius 3 is 2.25 bits per heavy atom. The molecule has 12 heavy (non-hydrogen) atoms. The second-order valence-electron chi connectivity index (χ2n) is 3.41. The molecule has 4 nitrogen and oxygen atoms in total. The first kappa shape index (κ1) is 11.1. The molecule has 0 amide bonds. The fraction of sp³-hybridized carbons (Fsp3) is 0.750. The van der Waals surface area contributed by atoms with E-state index in [1.54, 1.807) is 20.8 Å². The molecule has 0 heterocycles. The normalized spacial score (nSPS) is 11.0. The highest BCUT2D eigenvalue weighted by Gasteiger charge is 2.19. The lowest BCUT2D eigenvalue weighted by Crippen LogP contribution is -2.30. The number of carbonyl (C=O) groups is 1. The van der Waals surface area contributed by atoms with Crippen LogP contribution in [0.15, 0.2) is 0 Å². The lowest BCUT2D eigenvalue weighted by Gasteiger charge is -2.19. The molecule has 0 aliphatic rings. The third-order valence-electron chi connectivity index (χ3n) is 0.934. The molecule has 0 saturated heterocycles. The van der Waals surface area contributed by atoms with E-state index in [2.05, 4.69) is 4.74 Å². The lowest BCUT2D eigenvalue weighted by molar-refractivity contribution is -0.146. The minimum absolute atomic E-state index is 0.00505. The topological polar surface area (TPSA) is 59.4 Å². The number of esters is 1. The van der Waals surface area contributed by atoms with Gasteiger partial charge in [-0.1, -0.05) is 0 Å². The van der Waals surface area contributed by atoms with Gasteiger partial charge in [-0.15, -0.1) is 0 Å². The van der Waals surface area contributed by atoms with Crippen molar-refractivity contribution >= 4 is 11.7 Å². The Kier molecular flexibility index (Phi) is 3.89. The number of rotatable bonds is 3. The summed E-state index contributed by atoms with van der Waals surface area (Å²) in [6.07, 6.45) is 0. The van der Waals surface area contributed by atoms with Gasteiger partial charge in [0.05, 0.1) is 6.61 Å². The van der Waals surface area contributed by atoms with Gasteiger partial charge in [0, 0.05) is 7.11 Å². The largest absolute Gasteiger partial charge is 0.455 e. The van der Waals surface area contributed by atoms with E-state index in [0.717, 1.165) is 0 Å². The van der Waals surface area contributed by atoms with Crippen LogP contribution in [0.1, 0.15) is 20.8 Å². The zero-order chi connectivity index (χ0) is 9.78. The molecule has 0 aromatic heterocycles. The van der Waals surface area contributed by atoms with Gasteiger partial charge < -0.3 is 9.47 Å². The fourth-order valence-corrected chi connectivity index (χ4v) is 0.543. The number of hydrogen-bond acceptors (Lipinski definition) is 4. The summed E-state index contributed by atoms with van der Waals surface area (Å²) in [6.45, 7) is 5.26. The molecule has 70 valence electrons. The van der Waals surface area contributed by atoms with Crippen LogP contribution in [-0.2, 0) is 14.3 Å². The molecule has 0 aliphatic heterocycles. The van der Waals surface area contributed by atoms with Crippen LogP contribution in [0.4, 0.5) is 0 Å². The highest BCUT2D eigenvalue weighted by Crippen LogP contribution is 2.06. The van der Waals surface area contributed by atoms with Crippen molar-refractivity contribution in [2.75, 3.05) is 13.7 Å². The molecular weight excluding hydrogens is 158 g/mol. The monoisotopic (exact) mass is 173 g/mol. The van der Waals surface area contributed by atoms with E-state index in [0.29, 0.717) is 0 Å². The number of carbonyl (C=O) groups excluding carboxylic acids is 1. The molecule has 0 atom stereocenters. The van der Waals surface area contributed by atoms with Crippen molar-refractivity contribution in [3.8, 4) is 0 Å². The molecule has 0 aromatic carbocycles. The van der Waals surface area contributed by atoms with E-state index in [1.807, 2.05) is 0 Å². The molecule has 0 aliphatic carbocycles. The Bertz CT molecular complexity index is 181. The van der Waals surface area contributed by atoms with Gasteiger partial charge in [-0.25, -0.2) is 4.79 Å². The van der Waals surface area contributed by atoms with Crippen LogP contribution in [0.5, 0.6) is 0 Å². The summed E-state index contributed by atoms with van der Waals surface area (Å²) < 4.78 is 9.52. The Balaban J connectivity index is 3.97. The van der Waals surface area contributed by atoms with Crippen molar-refractivity contribution in [1.82, 2.24) is 0 Å². The minimum atomic E-state index is -0.621. The quantitative estimate of drug-likeness (QED) is 0.511. The zero-order valence-corrected chi connectivity index (χ0v) is 7.93. The molecule has 0 spiro atoms. The average Bonchev–Trinajstić information content (AvgIpc) is 1.84. The smallest absolute Gasteiger partial charge is 0.354 e. The van der Waals surface area contributed by atoms with Crippen LogP contribution in [0.25, 0.3) is 0 Å². The molecule has 4 heteroatoms. The van der Waals surface area contributed by atoms with Crippen molar-refractivity contribution in [3.63, 3.8) is 0 Å². The highest BCUT2D eigenvalue weighted by atomic mass is 16.6. The van der Waals surface area contributed by atoms with E-state index < -0.39 is 11.6 Å². The van der Waals surface area contributed by atoms with Gasteiger partial charge >= 0.3 is 5.97 Å². The van der Waals surface area contributed by atoms with Gasteiger partial charge in [0.2, 0.25) is 0 Å². The first-order valence-electron chi connectivity index (χ1n) is 3.66. The summed E-state index contributed by atoms with van der Waals surface area (Å²) in [5, 5.41) is 7.18. The summed E-state index contributed by atoms with van der Waals surface area (Å²) in [7, 11) is 1.43. The molecule has 1 N–H and O–H groups in total. The first-order chi connectivity index (χ1) is 5.37. The Labute approximate surface area is 72.4 Å². The van der Waals surface area contributed by atoms with Gasteiger partial charge in [-0.2, -0.15) is 0 Å². The maximum Gasteiger partial charge on any atom is 0.354 e. The number of ether oxygens (including phenoxy) is 2. The van der Waals surface area contributed by atoms with Crippen LogP contribution in [0.3, 0.4) is 0 Å². The second kappa shape index (κ2) is 4.21. The summed E-state index contributed by atoms with van der Waals surface area (Å²) in [6, 6.07) is 0. The van der Waals surface area contributed by atoms with Crippen molar-refractivity contribution in [2.24, 2.45) is 0 Å².